The Morgan fingerprint density at radius 2 is 1.81 bits per heavy atom. The van der Waals surface area contributed by atoms with Gasteiger partial charge in [-0.1, -0.05) is 12.1 Å². The van der Waals surface area contributed by atoms with Crippen LogP contribution in [-0.4, -0.2) is 40.5 Å². The van der Waals surface area contributed by atoms with Crippen molar-refractivity contribution in [2.75, 3.05) is 6.54 Å². The lowest BCUT2D eigenvalue weighted by Crippen LogP contribution is -2.34. The first-order chi connectivity index (χ1) is 12.8. The molecule has 0 radical (unpaired) electrons. The lowest BCUT2D eigenvalue weighted by Gasteiger charge is -2.22. The van der Waals surface area contributed by atoms with E-state index < -0.39 is 18.6 Å². The van der Waals surface area contributed by atoms with E-state index in [1.54, 1.807) is 35.4 Å². The average Bonchev–Trinajstić information content (AvgIpc) is 3.49. The number of rotatable bonds is 6. The van der Waals surface area contributed by atoms with Crippen molar-refractivity contribution in [2.24, 2.45) is 0 Å². The van der Waals surface area contributed by atoms with Gasteiger partial charge in [0, 0.05) is 30.5 Å². The Balaban J connectivity index is 1.65. The van der Waals surface area contributed by atoms with E-state index in [0.717, 1.165) is 18.4 Å². The molecule has 2 aromatic rings. The van der Waals surface area contributed by atoms with Crippen LogP contribution in [0.2, 0.25) is 0 Å². The molecule has 1 aromatic heterocycles. The highest BCUT2D eigenvalue weighted by Crippen LogP contribution is 2.29. The number of amides is 2. The van der Waals surface area contributed by atoms with E-state index in [1.807, 2.05) is 5.32 Å². The highest BCUT2D eigenvalue weighted by atomic mass is 19.4. The van der Waals surface area contributed by atoms with Crippen LogP contribution in [0.4, 0.5) is 13.2 Å². The molecule has 1 N–H and O–H groups in total. The second kappa shape index (κ2) is 7.77. The number of carbonyl (C=O) groups is 2. The standard InChI is InChI=1S/C19H18F3N3O2/c20-19(21,22)12-24-17(26)14-5-3-13(4-6-14)11-25(16-7-8-16)18(27)15-2-1-9-23-10-15/h1-6,9-10,16H,7-8,11-12H2,(H,24,26). The van der Waals surface area contributed by atoms with Gasteiger partial charge < -0.3 is 10.2 Å². The minimum absolute atomic E-state index is 0.113. The van der Waals surface area contributed by atoms with Crippen LogP contribution in [0.15, 0.2) is 48.8 Å². The molecule has 0 spiro atoms. The van der Waals surface area contributed by atoms with E-state index in [0.29, 0.717) is 12.1 Å². The first-order valence-electron chi connectivity index (χ1n) is 8.48. The number of benzene rings is 1. The van der Waals surface area contributed by atoms with Crippen LogP contribution >= 0.6 is 0 Å². The van der Waals surface area contributed by atoms with Crippen molar-refractivity contribution in [2.45, 2.75) is 31.6 Å². The maximum Gasteiger partial charge on any atom is 0.405 e. The normalized spacial score (nSPS) is 13.9. The fraction of sp³-hybridized carbons (Fsp3) is 0.316. The lowest BCUT2D eigenvalue weighted by molar-refractivity contribution is -0.123. The van der Waals surface area contributed by atoms with Crippen LogP contribution in [0.25, 0.3) is 0 Å². The van der Waals surface area contributed by atoms with Crippen LogP contribution in [-0.2, 0) is 6.54 Å². The molecule has 1 heterocycles. The SMILES string of the molecule is O=C(NCC(F)(F)F)c1ccc(CN(C(=O)c2cccnc2)C2CC2)cc1. The van der Waals surface area contributed by atoms with Crippen LogP contribution in [0, 0.1) is 0 Å². The van der Waals surface area contributed by atoms with Crippen molar-refractivity contribution in [3.63, 3.8) is 0 Å². The number of hydrogen-bond acceptors (Lipinski definition) is 3. The number of alkyl halides is 3. The Labute approximate surface area is 154 Å². The van der Waals surface area contributed by atoms with E-state index >= 15 is 0 Å². The summed E-state index contributed by atoms with van der Waals surface area (Å²) in [6, 6.07) is 9.79. The summed E-state index contributed by atoms with van der Waals surface area (Å²) in [6.07, 6.45) is 0.535. The lowest BCUT2D eigenvalue weighted by atomic mass is 10.1. The van der Waals surface area contributed by atoms with Crippen LogP contribution in [0.3, 0.4) is 0 Å². The van der Waals surface area contributed by atoms with Crippen molar-refractivity contribution in [3.8, 4) is 0 Å². The number of carbonyl (C=O) groups excluding carboxylic acids is 2. The fourth-order valence-corrected chi connectivity index (χ4v) is 2.65. The molecule has 0 atom stereocenters. The van der Waals surface area contributed by atoms with Gasteiger partial charge in [0.1, 0.15) is 6.54 Å². The monoisotopic (exact) mass is 377 g/mol. The summed E-state index contributed by atoms with van der Waals surface area (Å²) < 4.78 is 36.5. The molecule has 0 aliphatic heterocycles. The van der Waals surface area contributed by atoms with Gasteiger partial charge in [-0.15, -0.1) is 0 Å². The van der Waals surface area contributed by atoms with Crippen molar-refractivity contribution in [1.29, 1.82) is 0 Å². The number of nitrogens with zero attached hydrogens (tertiary/aromatic N) is 2. The molecule has 1 fully saturated rings. The van der Waals surface area contributed by atoms with E-state index in [-0.39, 0.29) is 17.5 Å². The van der Waals surface area contributed by atoms with Gasteiger partial charge in [-0.2, -0.15) is 13.2 Å². The van der Waals surface area contributed by atoms with Crippen molar-refractivity contribution in [3.05, 3.63) is 65.5 Å². The van der Waals surface area contributed by atoms with Gasteiger partial charge in [-0.05, 0) is 42.7 Å². The zero-order valence-electron chi connectivity index (χ0n) is 14.4. The van der Waals surface area contributed by atoms with Crippen LogP contribution < -0.4 is 5.32 Å². The molecule has 1 aliphatic rings. The molecule has 5 nitrogen and oxygen atoms in total. The molecule has 0 bridgehead atoms. The van der Waals surface area contributed by atoms with Gasteiger partial charge in [0.05, 0.1) is 5.56 Å². The zero-order valence-corrected chi connectivity index (χ0v) is 14.4. The van der Waals surface area contributed by atoms with Gasteiger partial charge in [-0.3, -0.25) is 14.6 Å². The Morgan fingerprint density at radius 3 is 2.37 bits per heavy atom. The van der Waals surface area contributed by atoms with E-state index in [9.17, 15) is 22.8 Å². The van der Waals surface area contributed by atoms with Crippen molar-refractivity contribution >= 4 is 11.8 Å². The maximum atomic E-state index is 12.7. The Hall–Kier alpha value is -2.90. The number of nitrogens with one attached hydrogen (secondary N) is 1. The third kappa shape index (κ3) is 5.29. The summed E-state index contributed by atoms with van der Waals surface area (Å²) in [5.74, 6) is -0.901. The number of hydrogen-bond donors (Lipinski definition) is 1. The summed E-state index contributed by atoms with van der Waals surface area (Å²) in [5.41, 5.74) is 1.44. The first-order valence-corrected chi connectivity index (χ1v) is 8.48. The Bertz CT molecular complexity index is 803. The van der Waals surface area contributed by atoms with E-state index in [2.05, 4.69) is 4.98 Å². The summed E-state index contributed by atoms with van der Waals surface area (Å²) in [5, 5.41) is 1.83. The highest BCUT2D eigenvalue weighted by Gasteiger charge is 2.33. The third-order valence-electron chi connectivity index (χ3n) is 4.18. The summed E-state index contributed by atoms with van der Waals surface area (Å²) in [4.78, 5) is 30.2. The molecule has 1 aromatic carbocycles. The highest BCUT2D eigenvalue weighted by molar-refractivity contribution is 5.95. The molecule has 1 aliphatic carbocycles. The van der Waals surface area contributed by atoms with E-state index in [1.165, 1.54) is 18.3 Å². The topological polar surface area (TPSA) is 62.3 Å². The minimum Gasteiger partial charge on any atom is -0.343 e. The van der Waals surface area contributed by atoms with Gasteiger partial charge in [0.25, 0.3) is 11.8 Å². The molecular formula is C19H18F3N3O2. The molecule has 2 amide bonds. The summed E-state index contributed by atoms with van der Waals surface area (Å²) in [6.45, 7) is -1.01. The molecule has 3 rings (SSSR count). The zero-order chi connectivity index (χ0) is 19.4. The second-order valence-corrected chi connectivity index (χ2v) is 6.40. The van der Waals surface area contributed by atoms with Crippen LogP contribution in [0.1, 0.15) is 39.1 Å². The van der Waals surface area contributed by atoms with Gasteiger partial charge in [0.2, 0.25) is 0 Å². The van der Waals surface area contributed by atoms with Gasteiger partial charge >= 0.3 is 6.18 Å². The Morgan fingerprint density at radius 1 is 1.11 bits per heavy atom. The predicted octanol–water partition coefficient (Wildman–Crippen LogP) is 3.18. The van der Waals surface area contributed by atoms with Gasteiger partial charge in [-0.25, -0.2) is 0 Å². The first kappa shape index (κ1) is 18.9. The largest absolute Gasteiger partial charge is 0.405 e. The summed E-state index contributed by atoms with van der Waals surface area (Å²) >= 11 is 0. The van der Waals surface area contributed by atoms with Crippen molar-refractivity contribution in [1.82, 2.24) is 15.2 Å². The second-order valence-electron chi connectivity index (χ2n) is 6.40. The maximum absolute atomic E-state index is 12.7. The number of halogens is 3. The van der Waals surface area contributed by atoms with Gasteiger partial charge in [0.15, 0.2) is 0 Å². The predicted molar refractivity (Wildman–Crippen MR) is 92.0 cm³/mol. The number of pyridine rings is 1. The minimum atomic E-state index is -4.45. The Kier molecular flexibility index (Phi) is 5.43. The van der Waals surface area contributed by atoms with Crippen LogP contribution in [0.5, 0.6) is 0 Å². The average molecular weight is 377 g/mol. The molecule has 27 heavy (non-hydrogen) atoms. The van der Waals surface area contributed by atoms with Crippen molar-refractivity contribution < 1.29 is 22.8 Å². The molecule has 1 saturated carbocycles. The molecule has 0 saturated heterocycles. The third-order valence-corrected chi connectivity index (χ3v) is 4.18. The summed E-state index contributed by atoms with van der Waals surface area (Å²) in [7, 11) is 0. The molecule has 8 heteroatoms. The smallest absolute Gasteiger partial charge is 0.343 e. The number of aromatic nitrogens is 1. The molecule has 142 valence electrons. The quantitative estimate of drug-likeness (QED) is 0.841. The molecule has 0 unspecified atom stereocenters. The molecular weight excluding hydrogens is 359 g/mol. The fourth-order valence-electron chi connectivity index (χ4n) is 2.65. The van der Waals surface area contributed by atoms with E-state index in [4.69, 9.17) is 0 Å².